The molecule has 0 unspecified atom stereocenters. The van der Waals surface area contributed by atoms with Crippen LogP contribution >= 0.6 is 0 Å². The molecule has 0 aliphatic carbocycles. The largest absolute Gasteiger partial charge is 0.348 e. The molecule has 0 fully saturated rings. The van der Waals surface area contributed by atoms with Gasteiger partial charge in [0, 0.05) is 0 Å². The summed E-state index contributed by atoms with van der Waals surface area (Å²) in [4.78, 5) is 3.29. The van der Waals surface area contributed by atoms with E-state index in [1.807, 2.05) is 0 Å². The Morgan fingerprint density at radius 1 is 0.781 bits per heavy atom. The molecule has 0 bridgehead atoms. The molecule has 2 rings (SSSR count). The fraction of sp³-hybridized carbons (Fsp3) is 0.467. The van der Waals surface area contributed by atoms with Gasteiger partial charge >= 0.3 is 5.87 Å². The second-order valence-corrected chi connectivity index (χ2v) is 8.61. The maximum atomic E-state index is 9.30. The maximum Gasteiger partial charge on any atom is 0.303 e. The summed E-state index contributed by atoms with van der Waals surface area (Å²) in [5.41, 5.74) is 18.0. The van der Waals surface area contributed by atoms with Crippen molar-refractivity contribution in [1.29, 1.82) is 0 Å². The van der Waals surface area contributed by atoms with Crippen LogP contribution in [0.5, 0.6) is 0 Å². The van der Waals surface area contributed by atoms with Crippen LogP contribution in [0.1, 0.15) is 101 Å². The lowest BCUT2D eigenvalue weighted by atomic mass is 9.85. The molecule has 0 saturated carbocycles. The van der Waals surface area contributed by atoms with E-state index in [-0.39, 0.29) is 0 Å². The SMILES string of the molecule is CCCCC(C(=C=[N+]=[N-])CC)=C(c1ccc(CCCC)cc1)c1cccc(CCCC)c1. The number of unbranched alkanes of at least 4 members (excludes halogenated alkanes) is 3. The van der Waals surface area contributed by atoms with Gasteiger partial charge < -0.3 is 5.53 Å². The average Bonchev–Trinajstić information content (AvgIpc) is 2.83. The minimum Gasteiger partial charge on any atom is -0.348 e. The van der Waals surface area contributed by atoms with E-state index >= 15 is 0 Å². The van der Waals surface area contributed by atoms with Crippen molar-refractivity contribution in [3.63, 3.8) is 0 Å². The predicted molar refractivity (Wildman–Crippen MR) is 138 cm³/mol. The number of benzene rings is 2. The first-order valence-electron chi connectivity index (χ1n) is 12.6. The minimum absolute atomic E-state index is 0.788. The lowest BCUT2D eigenvalue weighted by Crippen LogP contribution is -2.01. The Morgan fingerprint density at radius 2 is 1.44 bits per heavy atom. The summed E-state index contributed by atoms with van der Waals surface area (Å²) in [6, 6.07) is 18.1. The van der Waals surface area contributed by atoms with Crippen LogP contribution in [-0.4, -0.2) is 10.7 Å². The van der Waals surface area contributed by atoms with Crippen LogP contribution in [-0.2, 0) is 12.8 Å². The number of rotatable bonds is 13. The molecule has 0 N–H and O–H groups in total. The van der Waals surface area contributed by atoms with Gasteiger partial charge in [-0.15, -0.1) is 4.79 Å². The molecule has 170 valence electrons. The normalized spacial score (nSPS) is 11.5. The van der Waals surface area contributed by atoms with E-state index in [1.165, 1.54) is 59.1 Å². The lowest BCUT2D eigenvalue weighted by molar-refractivity contribution is 0.00743. The Morgan fingerprint density at radius 3 is 2.03 bits per heavy atom. The summed E-state index contributed by atoms with van der Waals surface area (Å²) in [5, 5.41) is 0. The number of nitrogens with zero attached hydrogens (tertiary/aromatic N) is 2. The quantitative estimate of drug-likeness (QED) is 0.132. The molecule has 0 atom stereocenters. The monoisotopic (exact) mass is 428 g/mol. The van der Waals surface area contributed by atoms with Crippen molar-refractivity contribution in [1.82, 2.24) is 0 Å². The van der Waals surface area contributed by atoms with E-state index in [4.69, 9.17) is 0 Å². The summed E-state index contributed by atoms with van der Waals surface area (Å²) in [7, 11) is 0. The summed E-state index contributed by atoms with van der Waals surface area (Å²) in [6.45, 7) is 8.82. The molecule has 0 saturated heterocycles. The summed E-state index contributed by atoms with van der Waals surface area (Å²) < 4.78 is 0. The van der Waals surface area contributed by atoms with Gasteiger partial charge in [-0.25, -0.2) is 0 Å². The van der Waals surface area contributed by atoms with E-state index in [1.54, 1.807) is 0 Å². The molecule has 32 heavy (non-hydrogen) atoms. The third-order valence-electron chi connectivity index (χ3n) is 6.08. The molecule has 0 aliphatic rings. The van der Waals surface area contributed by atoms with E-state index in [9.17, 15) is 5.53 Å². The third kappa shape index (κ3) is 7.49. The van der Waals surface area contributed by atoms with Crippen molar-refractivity contribution in [2.75, 3.05) is 0 Å². The van der Waals surface area contributed by atoms with Crippen molar-refractivity contribution in [3.8, 4) is 0 Å². The van der Waals surface area contributed by atoms with Crippen LogP contribution in [0, 0.1) is 0 Å². The topological polar surface area (TPSA) is 36.4 Å². The molecule has 0 heterocycles. The molecular formula is C30H40N2. The first-order chi connectivity index (χ1) is 15.7. The lowest BCUT2D eigenvalue weighted by Gasteiger charge is -2.18. The third-order valence-corrected chi connectivity index (χ3v) is 6.08. The van der Waals surface area contributed by atoms with Crippen LogP contribution in [0.3, 0.4) is 0 Å². The van der Waals surface area contributed by atoms with Crippen molar-refractivity contribution >= 4 is 11.4 Å². The Kier molecular flexibility index (Phi) is 11.5. The molecule has 0 spiro atoms. The van der Waals surface area contributed by atoms with Gasteiger partial charge in [-0.05, 0) is 78.3 Å². The molecule has 0 amide bonds. The Labute approximate surface area is 195 Å². The van der Waals surface area contributed by atoms with Gasteiger partial charge in [0.25, 0.3) is 0 Å². The first kappa shape index (κ1) is 25.6. The molecule has 0 radical (unpaired) electrons. The Bertz CT molecular complexity index is 953. The maximum absolute atomic E-state index is 9.30. The minimum atomic E-state index is 0.788. The van der Waals surface area contributed by atoms with Crippen molar-refractivity contribution < 1.29 is 4.79 Å². The fourth-order valence-corrected chi connectivity index (χ4v) is 4.20. The average molecular weight is 429 g/mol. The summed E-state index contributed by atoms with van der Waals surface area (Å²) in [6.07, 6.45) is 11.0. The fourth-order valence-electron chi connectivity index (χ4n) is 4.20. The van der Waals surface area contributed by atoms with E-state index in [2.05, 4.69) is 86.9 Å². The Hall–Kier alpha value is -2.66. The standard InChI is InChI=1S/C30H40N2/c1-5-9-13-24-18-20-27(21-19-24)30(28-16-12-15-25(22-28)14-10-6-2)29(17-11-7-3)26(8-4)23-32-31/h12,15-16,18-22H,5-11,13-14,17H2,1-4H3. The van der Waals surface area contributed by atoms with Crippen molar-refractivity contribution in [3.05, 3.63) is 87.5 Å². The number of hydrogen-bond donors (Lipinski definition) is 0. The van der Waals surface area contributed by atoms with Crippen LogP contribution in [0.25, 0.3) is 11.1 Å². The number of aryl methyl sites for hydroxylation is 2. The van der Waals surface area contributed by atoms with Crippen LogP contribution in [0.2, 0.25) is 0 Å². The molecule has 2 heteroatoms. The molecule has 2 nitrogen and oxygen atoms in total. The zero-order chi connectivity index (χ0) is 23.2. The van der Waals surface area contributed by atoms with E-state index in [0.29, 0.717) is 0 Å². The van der Waals surface area contributed by atoms with Crippen LogP contribution in [0.15, 0.2) is 59.7 Å². The van der Waals surface area contributed by atoms with E-state index < -0.39 is 0 Å². The second-order valence-electron chi connectivity index (χ2n) is 8.61. The van der Waals surface area contributed by atoms with Gasteiger partial charge in [0.2, 0.25) is 0 Å². The van der Waals surface area contributed by atoms with Crippen LogP contribution < -0.4 is 0 Å². The van der Waals surface area contributed by atoms with E-state index in [0.717, 1.165) is 44.1 Å². The number of allylic oxidation sites excluding steroid dienone is 2. The zero-order valence-corrected chi connectivity index (χ0v) is 20.6. The molecule has 2 aromatic rings. The second kappa shape index (κ2) is 14.4. The number of hydrogen-bond acceptors (Lipinski definition) is 0. The highest BCUT2D eigenvalue weighted by atomic mass is 14.8. The van der Waals surface area contributed by atoms with Gasteiger partial charge in [-0.1, -0.05) is 95.5 Å². The van der Waals surface area contributed by atoms with Crippen molar-refractivity contribution in [2.24, 2.45) is 0 Å². The Balaban J connectivity index is 2.70. The van der Waals surface area contributed by atoms with Gasteiger partial charge in [-0.3, -0.25) is 0 Å². The molecular weight excluding hydrogens is 388 g/mol. The smallest absolute Gasteiger partial charge is 0.303 e. The van der Waals surface area contributed by atoms with Gasteiger partial charge in [0.15, 0.2) is 0 Å². The highest BCUT2D eigenvalue weighted by molar-refractivity contribution is 5.87. The molecule has 2 aromatic carbocycles. The highest BCUT2D eigenvalue weighted by Gasteiger charge is 2.17. The van der Waals surface area contributed by atoms with Crippen LogP contribution in [0.4, 0.5) is 0 Å². The van der Waals surface area contributed by atoms with Crippen molar-refractivity contribution in [2.45, 2.75) is 91.9 Å². The highest BCUT2D eigenvalue weighted by Crippen LogP contribution is 2.34. The van der Waals surface area contributed by atoms with Gasteiger partial charge in [0.05, 0.1) is 5.57 Å². The van der Waals surface area contributed by atoms with Gasteiger partial charge in [0.1, 0.15) is 0 Å². The molecule has 0 aliphatic heterocycles. The summed E-state index contributed by atoms with van der Waals surface area (Å²) in [5.74, 6) is 2.89. The first-order valence-corrected chi connectivity index (χ1v) is 12.6. The van der Waals surface area contributed by atoms with Gasteiger partial charge in [-0.2, -0.15) is 0 Å². The predicted octanol–water partition coefficient (Wildman–Crippen LogP) is 8.60. The summed E-state index contributed by atoms with van der Waals surface area (Å²) >= 11 is 0. The zero-order valence-electron chi connectivity index (χ0n) is 20.6. The molecule has 0 aromatic heterocycles.